The lowest BCUT2D eigenvalue weighted by Gasteiger charge is -2.39. The van der Waals surface area contributed by atoms with Gasteiger partial charge >= 0.3 is 12.1 Å². The van der Waals surface area contributed by atoms with Crippen molar-refractivity contribution in [1.82, 2.24) is 5.32 Å². The van der Waals surface area contributed by atoms with Crippen LogP contribution < -0.4 is 19.9 Å². The molecule has 14 heteroatoms. The molecule has 51 heavy (non-hydrogen) atoms. The summed E-state index contributed by atoms with van der Waals surface area (Å²) in [6.45, 7) is 4.87. The molecule has 3 N–H and O–H groups in total. The van der Waals surface area contributed by atoms with Gasteiger partial charge in [-0.3, -0.25) is 19.7 Å². The summed E-state index contributed by atoms with van der Waals surface area (Å²) in [4.78, 5) is 54.7. The number of hydrogen-bond acceptors (Lipinski definition) is 11. The third-order valence-corrected chi connectivity index (χ3v) is 10.0. The topological polar surface area (TPSA) is 167 Å². The molecule has 6 atom stereocenters. The first kappa shape index (κ1) is 37.8. The molecular formula is C37H44ClN3O10. The number of esters is 1. The molecule has 0 aromatic heterocycles. The molecule has 5 rings (SSSR count). The van der Waals surface area contributed by atoms with Gasteiger partial charge in [0, 0.05) is 38.2 Å². The van der Waals surface area contributed by atoms with E-state index >= 15 is 0 Å². The van der Waals surface area contributed by atoms with E-state index in [2.05, 4.69) is 5.32 Å². The number of nitrogens with one attached hydrogen (secondary N) is 1. The number of anilines is 2. The molecule has 2 aromatic rings. The lowest BCUT2D eigenvalue weighted by Crippen LogP contribution is -2.62. The number of hydrogen-bond donors (Lipinski definition) is 3. The summed E-state index contributed by atoms with van der Waals surface area (Å²) in [5.41, 5.74) is 0.0547. The van der Waals surface area contributed by atoms with Crippen molar-refractivity contribution in [3.8, 4) is 5.75 Å². The van der Waals surface area contributed by atoms with Crippen LogP contribution in [0.3, 0.4) is 0 Å². The number of aliphatic hydroxyl groups excluding tert-OH is 1. The van der Waals surface area contributed by atoms with Gasteiger partial charge in [-0.2, -0.15) is 0 Å². The van der Waals surface area contributed by atoms with Crippen LogP contribution in [-0.2, 0) is 30.2 Å². The van der Waals surface area contributed by atoms with Gasteiger partial charge in [0.05, 0.1) is 25.3 Å². The number of methoxy groups -OCH3 is 1. The van der Waals surface area contributed by atoms with E-state index in [1.54, 1.807) is 74.5 Å². The number of Topliss-reactive ketones (excluding diaryl/α,β-unsaturated/α-hetero) is 1. The predicted molar refractivity (Wildman–Crippen MR) is 189 cm³/mol. The number of allylic oxidation sites excluding steroid dienone is 3. The maximum Gasteiger partial charge on any atom is 0.409 e. The van der Waals surface area contributed by atoms with E-state index in [0.717, 1.165) is 11.1 Å². The van der Waals surface area contributed by atoms with E-state index in [0.29, 0.717) is 29.1 Å². The van der Waals surface area contributed by atoms with Crippen LogP contribution in [0, 0.1) is 0 Å². The first-order valence-electron chi connectivity index (χ1n) is 16.6. The number of ketones is 1. The van der Waals surface area contributed by atoms with Gasteiger partial charge in [0.2, 0.25) is 5.91 Å². The summed E-state index contributed by atoms with van der Waals surface area (Å²) in [5.74, 6) is -0.776. The van der Waals surface area contributed by atoms with Gasteiger partial charge in [-0.05, 0) is 69.2 Å². The Kier molecular flexibility index (Phi) is 11.2. The number of epoxide rings is 1. The summed E-state index contributed by atoms with van der Waals surface area (Å²) >= 11 is 6.71. The number of aliphatic hydroxyl groups is 2. The van der Waals surface area contributed by atoms with Gasteiger partial charge in [-0.1, -0.05) is 35.4 Å². The maximum atomic E-state index is 14.0. The Hall–Kier alpha value is -4.43. The zero-order valence-corrected chi connectivity index (χ0v) is 30.2. The monoisotopic (exact) mass is 725 g/mol. The second-order valence-corrected chi connectivity index (χ2v) is 13.9. The van der Waals surface area contributed by atoms with Crippen LogP contribution in [0.4, 0.5) is 16.2 Å². The molecule has 0 spiro atoms. The van der Waals surface area contributed by atoms with Crippen LogP contribution in [0.1, 0.15) is 56.0 Å². The van der Waals surface area contributed by atoms with Gasteiger partial charge in [0.1, 0.15) is 41.2 Å². The molecular weight excluding hydrogens is 682 g/mol. The molecule has 274 valence electrons. The van der Waals surface area contributed by atoms with E-state index in [1.807, 2.05) is 6.92 Å². The Morgan fingerprint density at radius 1 is 1.20 bits per heavy atom. The molecule has 3 heterocycles. The number of amides is 2. The number of benzene rings is 2. The van der Waals surface area contributed by atoms with Gasteiger partial charge in [0.25, 0.3) is 0 Å². The van der Waals surface area contributed by atoms with Gasteiger partial charge in [0.15, 0.2) is 11.5 Å². The number of alkyl carbamates (subject to hydrolysis) is 1. The number of fused-ring (bicyclic) bond motifs is 5. The lowest BCUT2D eigenvalue weighted by molar-refractivity contribution is -0.152. The highest BCUT2D eigenvalue weighted by atomic mass is 35.5. The minimum atomic E-state index is -2.03. The number of nitrogens with zero attached hydrogens (tertiary/aromatic N) is 2. The quantitative estimate of drug-likeness (QED) is 0.223. The highest BCUT2D eigenvalue weighted by Gasteiger charge is 2.61. The zero-order valence-electron chi connectivity index (χ0n) is 29.5. The molecule has 3 aliphatic heterocycles. The molecule has 0 unspecified atom stereocenters. The Bertz CT molecular complexity index is 1750. The standard InChI is InChI=1S/C37H44ClN3O10/c1-21-8-7-9-29(43)37(47)19-26(49-35(46)39-37)17-31-36(3,51-31)30(50-33(45)20-40(4)25-12-10-24(11-13-25)22(2)42)18-32(44)41(5)27-15-23(14-21)16-28(48-6)34(27)38/h7-13,15-16,26,29-31,43,47H,14,17-20H2,1-6H3,(H,39,46)/b9-7+,21-8+/t26-,29-,30+,31+,36+,37+/m1/s1. The van der Waals surface area contributed by atoms with Crippen molar-refractivity contribution in [2.75, 3.05) is 37.5 Å². The number of likely N-dealkylation sites (N-methyl/N-ethyl adjacent to an activating group) is 1. The molecule has 2 aromatic carbocycles. The SMILES string of the molecule is COc1cc2cc(c1Cl)N(C)C(=O)C[C@H](OC(=O)CN(C)c1ccc(C(C)=O)cc1)[C@]1(C)O[C@H]1C[C@@H]1C[C@@](O)(NC(=O)O1)[C@H](O)/C=C/C=C(\C)C2. The van der Waals surface area contributed by atoms with Crippen LogP contribution in [0.15, 0.2) is 60.2 Å². The number of rotatable bonds is 6. The maximum absolute atomic E-state index is 14.0. The van der Waals surface area contributed by atoms with E-state index in [9.17, 15) is 29.4 Å². The van der Waals surface area contributed by atoms with E-state index < -0.39 is 53.7 Å². The summed E-state index contributed by atoms with van der Waals surface area (Å²) in [6.07, 6.45) is -0.176. The Morgan fingerprint density at radius 2 is 1.90 bits per heavy atom. The molecule has 13 nitrogen and oxygen atoms in total. The molecule has 0 aliphatic carbocycles. The second-order valence-electron chi connectivity index (χ2n) is 13.6. The van der Waals surface area contributed by atoms with Crippen molar-refractivity contribution in [2.45, 2.75) is 82.2 Å². The molecule has 2 amide bonds. The molecule has 2 saturated heterocycles. The van der Waals surface area contributed by atoms with Crippen molar-refractivity contribution in [1.29, 1.82) is 0 Å². The van der Waals surface area contributed by atoms with E-state index in [4.69, 9.17) is 30.5 Å². The molecule has 4 bridgehead atoms. The first-order valence-corrected chi connectivity index (χ1v) is 17.0. The van der Waals surface area contributed by atoms with Gasteiger partial charge in [-0.25, -0.2) is 4.79 Å². The van der Waals surface area contributed by atoms with Crippen LogP contribution in [0.2, 0.25) is 5.02 Å². The average molecular weight is 726 g/mol. The average Bonchev–Trinajstić information content (AvgIpc) is 3.73. The molecule has 3 aliphatic rings. The second kappa shape index (κ2) is 15.0. The summed E-state index contributed by atoms with van der Waals surface area (Å²) in [7, 11) is 4.75. The van der Waals surface area contributed by atoms with Crippen molar-refractivity contribution in [2.24, 2.45) is 0 Å². The van der Waals surface area contributed by atoms with Crippen molar-refractivity contribution >= 4 is 46.7 Å². The fourth-order valence-electron chi connectivity index (χ4n) is 6.42. The number of carbonyl (C=O) groups is 4. The van der Waals surface area contributed by atoms with Crippen molar-refractivity contribution in [3.63, 3.8) is 0 Å². The molecule has 0 radical (unpaired) electrons. The Labute approximate surface area is 301 Å². The Morgan fingerprint density at radius 3 is 2.57 bits per heavy atom. The van der Waals surface area contributed by atoms with Crippen molar-refractivity contribution in [3.05, 3.63) is 76.3 Å². The highest BCUT2D eigenvalue weighted by Crippen LogP contribution is 2.46. The number of ether oxygens (including phenoxy) is 4. The molecule has 0 saturated carbocycles. The smallest absolute Gasteiger partial charge is 0.409 e. The van der Waals surface area contributed by atoms with Crippen LogP contribution in [0.25, 0.3) is 0 Å². The highest BCUT2D eigenvalue weighted by molar-refractivity contribution is 6.35. The fraction of sp³-hybridized carbons (Fsp3) is 0.459. The lowest BCUT2D eigenvalue weighted by atomic mass is 9.90. The van der Waals surface area contributed by atoms with Crippen LogP contribution in [0.5, 0.6) is 5.75 Å². The third-order valence-electron chi connectivity index (χ3n) is 9.62. The third kappa shape index (κ3) is 8.55. The Balaban J connectivity index is 1.46. The minimum Gasteiger partial charge on any atom is -0.495 e. The fourth-order valence-corrected chi connectivity index (χ4v) is 6.73. The number of halogens is 1. The van der Waals surface area contributed by atoms with Crippen LogP contribution in [-0.4, -0.2) is 97.5 Å². The van der Waals surface area contributed by atoms with E-state index in [1.165, 1.54) is 25.0 Å². The predicted octanol–water partition coefficient (Wildman–Crippen LogP) is 4.11. The largest absolute Gasteiger partial charge is 0.495 e. The van der Waals surface area contributed by atoms with E-state index in [-0.39, 0.29) is 36.6 Å². The number of carbonyl (C=O) groups excluding carboxylic acids is 4. The summed E-state index contributed by atoms with van der Waals surface area (Å²) in [6, 6.07) is 10.3. The van der Waals surface area contributed by atoms with Crippen LogP contribution >= 0.6 is 11.6 Å². The molecule has 2 fully saturated rings. The van der Waals surface area contributed by atoms with Gasteiger partial charge < -0.3 is 39.0 Å². The minimum absolute atomic E-state index is 0.0811. The van der Waals surface area contributed by atoms with Gasteiger partial charge in [-0.15, -0.1) is 0 Å². The summed E-state index contributed by atoms with van der Waals surface area (Å²) < 4.78 is 23.1. The zero-order chi connectivity index (χ0) is 37.2. The van der Waals surface area contributed by atoms with Crippen molar-refractivity contribution < 1.29 is 48.3 Å². The first-order chi connectivity index (χ1) is 24.0. The normalized spacial score (nSPS) is 29.7. The summed E-state index contributed by atoms with van der Waals surface area (Å²) in [5, 5.41) is 24.8.